The Morgan fingerprint density at radius 1 is 1.15 bits per heavy atom. The molecule has 0 spiro atoms. The standard InChI is InChI=1S/C23H22F2N6O3/c1-3-33-20-11-4-14-13-30(16-7-10-18(29-26)19(12-16)27-2)23(32)31(21(14)28-20)15-5-8-17(9-6-15)34-22(24)25/h4-12,22,26-27H,3,13H2,1-2H3. The summed E-state index contributed by atoms with van der Waals surface area (Å²) in [6.45, 7) is -0.461. The SMILES string of the molecule is CCOc1ccc2c(n1)N(c1ccc(OC(F)F)cc1)C(=O)N(c1ccc(N=N)c(NC)c1)C2. The number of aromatic nitrogens is 1. The number of nitrogens with zero attached hydrogens (tertiary/aromatic N) is 4. The first-order valence-corrected chi connectivity index (χ1v) is 10.4. The predicted molar refractivity (Wildman–Crippen MR) is 123 cm³/mol. The molecule has 0 radical (unpaired) electrons. The van der Waals surface area contributed by atoms with E-state index in [0.29, 0.717) is 41.1 Å². The molecule has 176 valence electrons. The average molecular weight is 468 g/mol. The van der Waals surface area contributed by atoms with E-state index in [1.807, 2.05) is 13.0 Å². The zero-order valence-electron chi connectivity index (χ0n) is 18.5. The molecule has 2 N–H and O–H groups in total. The van der Waals surface area contributed by atoms with Gasteiger partial charge >= 0.3 is 12.6 Å². The van der Waals surface area contributed by atoms with Gasteiger partial charge < -0.3 is 14.8 Å². The molecular formula is C23H22F2N6O3. The number of alkyl halides is 2. The zero-order valence-corrected chi connectivity index (χ0v) is 18.5. The van der Waals surface area contributed by atoms with E-state index in [2.05, 4.69) is 20.2 Å². The monoisotopic (exact) mass is 468 g/mol. The zero-order chi connectivity index (χ0) is 24.2. The van der Waals surface area contributed by atoms with E-state index in [1.165, 1.54) is 29.2 Å². The number of benzene rings is 2. The molecule has 4 rings (SSSR count). The number of halogens is 2. The van der Waals surface area contributed by atoms with Crippen LogP contribution in [0.25, 0.3) is 0 Å². The Bertz CT molecular complexity index is 1210. The number of hydrogen-bond acceptors (Lipinski definition) is 7. The molecule has 1 aliphatic heterocycles. The quantitative estimate of drug-likeness (QED) is 0.391. The lowest BCUT2D eigenvalue weighted by Gasteiger charge is -2.36. The fourth-order valence-electron chi connectivity index (χ4n) is 3.66. The summed E-state index contributed by atoms with van der Waals surface area (Å²) in [4.78, 5) is 21.2. The number of urea groups is 1. The first-order valence-electron chi connectivity index (χ1n) is 10.4. The van der Waals surface area contributed by atoms with Gasteiger partial charge in [0, 0.05) is 24.4 Å². The molecular weight excluding hydrogens is 446 g/mol. The van der Waals surface area contributed by atoms with E-state index < -0.39 is 12.6 Å². The molecule has 0 atom stereocenters. The van der Waals surface area contributed by atoms with E-state index in [-0.39, 0.29) is 12.3 Å². The maximum atomic E-state index is 13.7. The van der Waals surface area contributed by atoms with Crippen molar-refractivity contribution in [3.8, 4) is 11.6 Å². The van der Waals surface area contributed by atoms with Crippen molar-refractivity contribution in [3.63, 3.8) is 0 Å². The molecule has 1 aliphatic rings. The minimum atomic E-state index is -2.95. The fraction of sp³-hybridized carbons (Fsp3) is 0.217. The van der Waals surface area contributed by atoms with E-state index in [0.717, 1.165) is 5.56 Å². The summed E-state index contributed by atoms with van der Waals surface area (Å²) >= 11 is 0. The Morgan fingerprint density at radius 2 is 1.88 bits per heavy atom. The van der Waals surface area contributed by atoms with Gasteiger partial charge in [0.25, 0.3) is 0 Å². The second-order valence-electron chi connectivity index (χ2n) is 7.21. The fourth-order valence-corrected chi connectivity index (χ4v) is 3.66. The van der Waals surface area contributed by atoms with Crippen molar-refractivity contribution in [1.29, 1.82) is 5.53 Å². The van der Waals surface area contributed by atoms with E-state index in [1.54, 1.807) is 36.2 Å². The maximum absolute atomic E-state index is 13.7. The van der Waals surface area contributed by atoms with Crippen molar-refractivity contribution >= 4 is 34.6 Å². The lowest BCUT2D eigenvalue weighted by molar-refractivity contribution is -0.0498. The largest absolute Gasteiger partial charge is 0.478 e. The summed E-state index contributed by atoms with van der Waals surface area (Å²) in [6.07, 6.45) is 0. The Hall–Kier alpha value is -4.28. The Balaban J connectivity index is 1.79. The second kappa shape index (κ2) is 9.69. The highest BCUT2D eigenvalue weighted by molar-refractivity contribution is 6.10. The first-order chi connectivity index (χ1) is 16.4. The normalized spacial score (nSPS) is 13.0. The molecule has 1 aromatic heterocycles. The van der Waals surface area contributed by atoms with Gasteiger partial charge in [0.2, 0.25) is 5.88 Å². The molecule has 0 saturated carbocycles. The van der Waals surface area contributed by atoms with Crippen molar-refractivity contribution in [1.82, 2.24) is 4.98 Å². The van der Waals surface area contributed by atoms with Crippen LogP contribution in [0.1, 0.15) is 12.5 Å². The molecule has 34 heavy (non-hydrogen) atoms. The van der Waals surface area contributed by atoms with Crippen molar-refractivity contribution in [2.75, 3.05) is 28.8 Å². The van der Waals surface area contributed by atoms with Gasteiger partial charge in [-0.2, -0.15) is 18.9 Å². The molecule has 0 fully saturated rings. The van der Waals surface area contributed by atoms with Gasteiger partial charge in [-0.3, -0.25) is 4.90 Å². The van der Waals surface area contributed by atoms with Gasteiger partial charge in [-0.25, -0.2) is 15.2 Å². The highest BCUT2D eigenvalue weighted by Crippen LogP contribution is 2.39. The van der Waals surface area contributed by atoms with Gasteiger partial charge in [-0.1, -0.05) is 0 Å². The second-order valence-corrected chi connectivity index (χ2v) is 7.21. The van der Waals surface area contributed by atoms with Crippen molar-refractivity contribution < 1.29 is 23.0 Å². The van der Waals surface area contributed by atoms with Gasteiger partial charge in [0.15, 0.2) is 0 Å². The lowest BCUT2D eigenvalue weighted by atomic mass is 10.1. The number of amides is 2. The molecule has 2 amide bonds. The third-order valence-electron chi connectivity index (χ3n) is 5.19. The van der Waals surface area contributed by atoms with Crippen LogP contribution in [0.2, 0.25) is 0 Å². The molecule has 0 saturated heterocycles. The first kappa shape index (κ1) is 22.9. The van der Waals surface area contributed by atoms with Crippen LogP contribution >= 0.6 is 0 Å². The third-order valence-corrected chi connectivity index (χ3v) is 5.19. The predicted octanol–water partition coefficient (Wildman–Crippen LogP) is 6.06. The Labute approximate surface area is 194 Å². The van der Waals surface area contributed by atoms with Crippen LogP contribution in [0.15, 0.2) is 59.7 Å². The van der Waals surface area contributed by atoms with Crippen molar-refractivity contribution in [2.45, 2.75) is 20.1 Å². The smallest absolute Gasteiger partial charge is 0.387 e. The number of fused-ring (bicyclic) bond motifs is 1. The van der Waals surface area contributed by atoms with Gasteiger partial charge in [0.1, 0.15) is 17.3 Å². The molecule has 9 nitrogen and oxygen atoms in total. The number of nitrogens with one attached hydrogen (secondary N) is 2. The minimum Gasteiger partial charge on any atom is -0.478 e. The Morgan fingerprint density at radius 3 is 2.53 bits per heavy atom. The lowest BCUT2D eigenvalue weighted by Crippen LogP contribution is -2.45. The summed E-state index contributed by atoms with van der Waals surface area (Å²) in [5.41, 5.74) is 10.1. The molecule has 0 unspecified atom stereocenters. The van der Waals surface area contributed by atoms with E-state index in [9.17, 15) is 13.6 Å². The molecule has 2 aromatic carbocycles. The van der Waals surface area contributed by atoms with Gasteiger partial charge in [-0.15, -0.1) is 0 Å². The third kappa shape index (κ3) is 4.45. The number of pyridine rings is 1. The summed E-state index contributed by atoms with van der Waals surface area (Å²) in [6, 6.07) is 14.0. The molecule has 11 heteroatoms. The molecule has 3 aromatic rings. The van der Waals surface area contributed by atoms with E-state index in [4.69, 9.17) is 10.3 Å². The Kier molecular flexibility index (Phi) is 6.53. The van der Waals surface area contributed by atoms with Crippen molar-refractivity contribution in [2.24, 2.45) is 5.11 Å². The average Bonchev–Trinajstić information content (AvgIpc) is 2.84. The summed E-state index contributed by atoms with van der Waals surface area (Å²) in [5.74, 6) is 0.732. The highest BCUT2D eigenvalue weighted by Gasteiger charge is 2.34. The minimum absolute atomic E-state index is 0.0234. The maximum Gasteiger partial charge on any atom is 0.387 e. The number of ether oxygens (including phenoxy) is 2. The number of rotatable bonds is 8. The highest BCUT2D eigenvalue weighted by atomic mass is 19.3. The molecule has 0 aliphatic carbocycles. The summed E-state index contributed by atoms with van der Waals surface area (Å²) in [5, 5.41) is 6.46. The number of anilines is 4. The van der Waals surface area contributed by atoms with Crippen LogP contribution in [0, 0.1) is 5.53 Å². The van der Waals surface area contributed by atoms with Crippen LogP contribution in [0.5, 0.6) is 11.6 Å². The van der Waals surface area contributed by atoms with Crippen LogP contribution in [-0.2, 0) is 6.54 Å². The van der Waals surface area contributed by atoms with Crippen LogP contribution in [0.4, 0.5) is 42.1 Å². The number of hydrogen-bond donors (Lipinski definition) is 2. The van der Waals surface area contributed by atoms with Crippen LogP contribution < -0.4 is 24.6 Å². The van der Waals surface area contributed by atoms with Crippen LogP contribution in [0.3, 0.4) is 0 Å². The van der Waals surface area contributed by atoms with Gasteiger partial charge in [-0.05, 0) is 55.5 Å². The molecule has 2 heterocycles. The summed E-state index contributed by atoms with van der Waals surface area (Å²) < 4.78 is 35.1. The van der Waals surface area contributed by atoms with Gasteiger partial charge in [0.05, 0.1) is 24.5 Å². The van der Waals surface area contributed by atoms with E-state index >= 15 is 0 Å². The summed E-state index contributed by atoms with van der Waals surface area (Å²) in [7, 11) is 1.70. The van der Waals surface area contributed by atoms with Crippen LogP contribution in [-0.4, -0.2) is 31.3 Å². The molecule has 0 bridgehead atoms. The number of carbonyl (C=O) groups excluding carboxylic acids is 1. The van der Waals surface area contributed by atoms with Crippen molar-refractivity contribution in [3.05, 3.63) is 60.2 Å². The number of carbonyl (C=O) groups is 1. The topological polar surface area (TPSA) is 103 Å².